The normalized spacial score (nSPS) is 46.0. The predicted octanol–water partition coefficient (Wildman–Crippen LogP) is 7.93. The summed E-state index contributed by atoms with van der Waals surface area (Å²) < 4.78 is 11.9. The molecule has 0 N–H and O–H groups in total. The number of hydrogen-bond acceptors (Lipinski definition) is 6. The lowest BCUT2D eigenvalue weighted by atomic mass is 9.33. The van der Waals surface area contributed by atoms with Crippen LogP contribution < -0.4 is 0 Å². The molecule has 0 aromatic rings. The number of ketones is 1. The number of esters is 2. The molecule has 1 saturated heterocycles. The maximum Gasteiger partial charge on any atom is 0.311 e. The molecule has 0 aromatic carbocycles. The van der Waals surface area contributed by atoms with E-state index in [1.165, 1.54) is 31.8 Å². The lowest BCUT2D eigenvalue weighted by Gasteiger charge is -2.70. The maximum atomic E-state index is 14.7. The molecule has 6 aliphatic rings. The van der Waals surface area contributed by atoms with Crippen LogP contribution in [0, 0.1) is 50.2 Å². The van der Waals surface area contributed by atoms with Gasteiger partial charge < -0.3 is 9.47 Å². The Hall–Kier alpha value is -1.69. The topological polar surface area (TPSA) is 72.9 Å². The summed E-state index contributed by atoms with van der Waals surface area (Å²) in [6.45, 7) is 21.4. The van der Waals surface area contributed by atoms with Crippen LogP contribution in [0.15, 0.2) is 11.6 Å². The Balaban J connectivity index is 1.27. The van der Waals surface area contributed by atoms with Crippen molar-refractivity contribution in [3.63, 3.8) is 0 Å². The second-order valence-electron chi connectivity index (χ2n) is 18.2. The van der Waals surface area contributed by atoms with Gasteiger partial charge in [0.25, 0.3) is 0 Å². The number of carbonyl (C=O) groups is 3. The van der Waals surface area contributed by atoms with Crippen molar-refractivity contribution in [2.75, 3.05) is 26.2 Å². The molecule has 5 aliphatic carbocycles. The lowest BCUT2D eigenvalue weighted by molar-refractivity contribution is -0.210. The molecular formula is C39H61NO5. The average molecular weight is 624 g/mol. The molecule has 6 nitrogen and oxygen atoms in total. The summed E-state index contributed by atoms with van der Waals surface area (Å²) in [6, 6.07) is 0. The first kappa shape index (κ1) is 33.2. The van der Waals surface area contributed by atoms with Crippen molar-refractivity contribution < 1.29 is 23.9 Å². The van der Waals surface area contributed by atoms with Gasteiger partial charge >= 0.3 is 11.9 Å². The molecule has 1 heterocycles. The van der Waals surface area contributed by atoms with Crippen LogP contribution in [0.3, 0.4) is 0 Å². The first-order chi connectivity index (χ1) is 21.0. The van der Waals surface area contributed by atoms with Gasteiger partial charge in [0.15, 0.2) is 5.78 Å². The van der Waals surface area contributed by atoms with E-state index < -0.39 is 5.41 Å². The fourth-order valence-electron chi connectivity index (χ4n) is 12.4. The summed E-state index contributed by atoms with van der Waals surface area (Å²) >= 11 is 0. The lowest BCUT2D eigenvalue weighted by Crippen LogP contribution is -2.66. The third-order valence-electron chi connectivity index (χ3n) is 15.4. The minimum Gasteiger partial charge on any atom is -0.464 e. The first-order valence-electron chi connectivity index (χ1n) is 18.3. The predicted molar refractivity (Wildman–Crippen MR) is 176 cm³/mol. The van der Waals surface area contributed by atoms with Gasteiger partial charge in [0.05, 0.1) is 5.41 Å². The van der Waals surface area contributed by atoms with E-state index >= 15 is 0 Å². The number of nitrogens with zero attached hydrogens (tertiary/aromatic N) is 1. The Morgan fingerprint density at radius 1 is 0.889 bits per heavy atom. The van der Waals surface area contributed by atoms with Crippen LogP contribution in [-0.4, -0.2) is 55.0 Å². The number of hydrogen-bond donors (Lipinski definition) is 0. The Morgan fingerprint density at radius 3 is 2.27 bits per heavy atom. The SMILES string of the molecule is CC(=O)O[C@@H]1CC[C@]2(C)[C@H](CC[C@]3(C)[C@@H]2C(=O)C=C2[C@H]4C[C@@](C)(C(=O)OCCN5CCCCC5)CC[C@]4(C)CC[C@@]23C)C1(C)C. The molecule has 0 bridgehead atoms. The monoisotopic (exact) mass is 623 g/mol. The number of allylic oxidation sites excluding steroid dienone is 2. The van der Waals surface area contributed by atoms with Crippen LogP contribution in [0.25, 0.3) is 0 Å². The minimum absolute atomic E-state index is 0.0412. The highest BCUT2D eigenvalue weighted by molar-refractivity contribution is 5.95. The molecule has 5 fully saturated rings. The van der Waals surface area contributed by atoms with E-state index in [1.807, 2.05) is 0 Å². The highest BCUT2D eigenvalue weighted by Crippen LogP contribution is 2.75. The summed E-state index contributed by atoms with van der Waals surface area (Å²) in [7, 11) is 0. The van der Waals surface area contributed by atoms with Crippen LogP contribution in [-0.2, 0) is 23.9 Å². The van der Waals surface area contributed by atoms with E-state index in [0.29, 0.717) is 18.3 Å². The van der Waals surface area contributed by atoms with E-state index in [2.05, 4.69) is 59.4 Å². The van der Waals surface area contributed by atoms with E-state index in [4.69, 9.17) is 9.47 Å². The zero-order valence-corrected chi connectivity index (χ0v) is 29.7. The molecule has 1 aliphatic heterocycles. The van der Waals surface area contributed by atoms with Gasteiger partial charge in [-0.15, -0.1) is 0 Å². The van der Waals surface area contributed by atoms with E-state index in [-0.39, 0.29) is 57.0 Å². The molecule has 9 atom stereocenters. The first-order valence-corrected chi connectivity index (χ1v) is 18.3. The number of piperidine rings is 1. The second kappa shape index (κ2) is 11.2. The fraction of sp³-hybridized carbons (Fsp3) is 0.872. The van der Waals surface area contributed by atoms with Crippen LogP contribution in [0.5, 0.6) is 0 Å². The largest absolute Gasteiger partial charge is 0.464 e. The van der Waals surface area contributed by atoms with Gasteiger partial charge in [0, 0.05) is 24.8 Å². The van der Waals surface area contributed by atoms with Crippen molar-refractivity contribution >= 4 is 17.7 Å². The summed E-state index contributed by atoms with van der Waals surface area (Å²) in [5.74, 6) is 0.541. The Kier molecular flexibility index (Phi) is 8.26. The number of ether oxygens (including phenoxy) is 2. The van der Waals surface area contributed by atoms with E-state index in [0.717, 1.165) is 77.4 Å². The Labute approximate surface area is 272 Å². The van der Waals surface area contributed by atoms with Crippen LogP contribution in [0.2, 0.25) is 0 Å². The molecule has 45 heavy (non-hydrogen) atoms. The number of rotatable bonds is 5. The zero-order chi connectivity index (χ0) is 32.6. The van der Waals surface area contributed by atoms with Crippen molar-refractivity contribution in [2.45, 2.75) is 139 Å². The maximum absolute atomic E-state index is 14.7. The smallest absolute Gasteiger partial charge is 0.311 e. The highest BCUT2D eigenvalue weighted by atomic mass is 16.5. The van der Waals surface area contributed by atoms with Gasteiger partial charge in [0.1, 0.15) is 12.7 Å². The molecule has 0 unspecified atom stereocenters. The Bertz CT molecular complexity index is 1250. The average Bonchev–Trinajstić information content (AvgIpc) is 2.97. The van der Waals surface area contributed by atoms with Crippen LogP contribution in [0.1, 0.15) is 132 Å². The van der Waals surface area contributed by atoms with Gasteiger partial charge in [-0.05, 0) is 130 Å². The van der Waals surface area contributed by atoms with Crippen LogP contribution >= 0.6 is 0 Å². The number of carbonyl (C=O) groups excluding carboxylic acids is 3. The highest BCUT2D eigenvalue weighted by Gasteiger charge is 2.70. The summed E-state index contributed by atoms with van der Waals surface area (Å²) in [5, 5.41) is 0. The number of likely N-dealkylation sites (tertiary alicyclic amines) is 1. The molecule has 0 aromatic heterocycles. The van der Waals surface area contributed by atoms with Crippen molar-refractivity contribution in [2.24, 2.45) is 50.2 Å². The van der Waals surface area contributed by atoms with Crippen molar-refractivity contribution in [1.29, 1.82) is 0 Å². The molecule has 6 rings (SSSR count). The standard InChI is InChI=1S/C39H61NO5/c1-26(41)45-31-13-14-37(6)30(34(31,2)3)12-15-39(8)32(37)29(42)24-27-28-25-36(5,17-16-35(28,4)18-19-38(27,39)7)33(43)44-23-22-40-20-10-9-11-21-40/h24,28,30-32H,9-23,25H2,1-8H3/t28-,30-,31-,32-,35-,36+,37-,38+,39-/m1/s1. The zero-order valence-electron chi connectivity index (χ0n) is 29.7. The van der Waals surface area contributed by atoms with Crippen molar-refractivity contribution in [3.8, 4) is 0 Å². The number of fused-ring (bicyclic) bond motifs is 7. The van der Waals surface area contributed by atoms with Crippen molar-refractivity contribution in [1.82, 2.24) is 4.90 Å². The summed E-state index contributed by atoms with van der Waals surface area (Å²) in [4.78, 5) is 42.8. The van der Waals surface area contributed by atoms with Crippen molar-refractivity contribution in [3.05, 3.63) is 11.6 Å². The van der Waals surface area contributed by atoms with E-state index in [1.54, 1.807) is 0 Å². The fourth-order valence-corrected chi connectivity index (χ4v) is 12.4. The third-order valence-corrected chi connectivity index (χ3v) is 15.4. The molecular weight excluding hydrogens is 562 g/mol. The van der Waals surface area contributed by atoms with E-state index in [9.17, 15) is 14.4 Å². The van der Waals surface area contributed by atoms with Gasteiger partial charge in [-0.25, -0.2) is 0 Å². The van der Waals surface area contributed by atoms with Gasteiger partial charge in [-0.1, -0.05) is 53.5 Å². The molecule has 0 amide bonds. The van der Waals surface area contributed by atoms with Gasteiger partial charge in [0.2, 0.25) is 0 Å². The van der Waals surface area contributed by atoms with Gasteiger partial charge in [-0.3, -0.25) is 19.3 Å². The molecule has 4 saturated carbocycles. The molecule has 6 heteroatoms. The van der Waals surface area contributed by atoms with Gasteiger partial charge in [-0.2, -0.15) is 0 Å². The molecule has 0 radical (unpaired) electrons. The molecule has 252 valence electrons. The van der Waals surface area contributed by atoms with Crippen LogP contribution in [0.4, 0.5) is 0 Å². The summed E-state index contributed by atoms with van der Waals surface area (Å²) in [5.41, 5.74) is 0.361. The second-order valence-corrected chi connectivity index (χ2v) is 18.2. The summed E-state index contributed by atoms with van der Waals surface area (Å²) in [6.07, 6.45) is 14.4. The quantitative estimate of drug-likeness (QED) is 0.290. The Morgan fingerprint density at radius 2 is 1.58 bits per heavy atom. The molecule has 0 spiro atoms. The third kappa shape index (κ3) is 5.08. The minimum atomic E-state index is -0.519.